The van der Waals surface area contributed by atoms with Crippen LogP contribution in [0.4, 0.5) is 4.39 Å². The molecule has 0 aromatic heterocycles. The maximum absolute atomic E-state index is 13.8. The highest BCUT2D eigenvalue weighted by Crippen LogP contribution is 2.26. The lowest BCUT2D eigenvalue weighted by atomic mass is 9.83. The van der Waals surface area contributed by atoms with E-state index in [4.69, 9.17) is 16.2 Å². The summed E-state index contributed by atoms with van der Waals surface area (Å²) < 4.78 is 19.3. The number of nitrogens with two attached hydrogens (primary N) is 2. The molecule has 4 nitrogen and oxygen atoms in total. The van der Waals surface area contributed by atoms with Gasteiger partial charge in [0.25, 0.3) is 0 Å². The lowest BCUT2D eigenvalue weighted by molar-refractivity contribution is 0.0560. The third-order valence-electron chi connectivity index (χ3n) is 3.83. The Bertz CT molecular complexity index is 485. The molecular weight excluding hydrogens is 259 g/mol. The lowest BCUT2D eigenvalue weighted by Gasteiger charge is -2.33. The van der Waals surface area contributed by atoms with Crippen molar-refractivity contribution in [2.24, 2.45) is 11.5 Å². The minimum absolute atomic E-state index is 0.157. The molecule has 2 rings (SSSR count). The minimum Gasteiger partial charge on any atom is -0.375 e. The third kappa shape index (κ3) is 3.77. The van der Waals surface area contributed by atoms with Gasteiger partial charge >= 0.3 is 0 Å². The first-order valence-corrected chi connectivity index (χ1v) is 6.95. The number of amides is 1. The Labute approximate surface area is 118 Å². The summed E-state index contributed by atoms with van der Waals surface area (Å²) in [5, 5.41) is 0. The Hall–Kier alpha value is -1.46. The van der Waals surface area contributed by atoms with Crippen molar-refractivity contribution in [3.63, 3.8) is 0 Å². The quantitative estimate of drug-likeness (QED) is 0.867. The van der Waals surface area contributed by atoms with Gasteiger partial charge < -0.3 is 16.2 Å². The normalized spacial score (nSPS) is 17.9. The molecule has 0 spiro atoms. The van der Waals surface area contributed by atoms with Crippen molar-refractivity contribution in [3.05, 3.63) is 35.1 Å². The molecule has 0 bridgehead atoms. The number of hydrogen-bond donors (Lipinski definition) is 2. The molecule has 0 aliphatic heterocycles. The Morgan fingerprint density at radius 3 is 2.60 bits per heavy atom. The first-order valence-electron chi connectivity index (χ1n) is 6.95. The molecule has 1 fully saturated rings. The summed E-state index contributed by atoms with van der Waals surface area (Å²) in [6.45, 7) is 0.591. The minimum atomic E-state index is -0.639. The van der Waals surface area contributed by atoms with Crippen LogP contribution in [-0.4, -0.2) is 18.1 Å². The van der Waals surface area contributed by atoms with Gasteiger partial charge in [-0.1, -0.05) is 25.3 Å². The highest BCUT2D eigenvalue weighted by molar-refractivity contribution is 5.92. The summed E-state index contributed by atoms with van der Waals surface area (Å²) >= 11 is 0. The highest BCUT2D eigenvalue weighted by atomic mass is 19.1. The van der Waals surface area contributed by atoms with Crippen LogP contribution >= 0.6 is 0 Å². The maximum atomic E-state index is 13.8. The zero-order chi connectivity index (χ0) is 14.6. The molecule has 0 saturated heterocycles. The van der Waals surface area contributed by atoms with E-state index in [1.54, 1.807) is 0 Å². The summed E-state index contributed by atoms with van der Waals surface area (Å²) in [4.78, 5) is 10.9. The van der Waals surface area contributed by atoms with Crippen LogP contribution < -0.4 is 11.5 Å². The molecule has 1 aromatic rings. The van der Waals surface area contributed by atoms with Gasteiger partial charge in [0, 0.05) is 16.7 Å². The Balaban J connectivity index is 1.89. The number of ether oxygens (including phenoxy) is 1. The van der Waals surface area contributed by atoms with Gasteiger partial charge in [-0.25, -0.2) is 4.39 Å². The molecular formula is C15H21FN2O2. The Morgan fingerprint density at radius 2 is 2.00 bits per heavy atom. The van der Waals surface area contributed by atoms with E-state index < -0.39 is 11.7 Å². The number of carbonyl (C=O) groups excluding carboxylic acids is 1. The van der Waals surface area contributed by atoms with E-state index in [0.717, 1.165) is 31.7 Å². The number of benzene rings is 1. The van der Waals surface area contributed by atoms with Crippen LogP contribution in [0.25, 0.3) is 0 Å². The van der Waals surface area contributed by atoms with Crippen molar-refractivity contribution >= 4 is 5.91 Å². The molecule has 1 amide bonds. The topological polar surface area (TPSA) is 78.3 Å². The number of halogens is 1. The van der Waals surface area contributed by atoms with E-state index in [1.165, 1.54) is 18.6 Å². The molecule has 4 N–H and O–H groups in total. The Morgan fingerprint density at radius 1 is 1.30 bits per heavy atom. The first kappa shape index (κ1) is 14.9. The number of primary amides is 1. The van der Waals surface area contributed by atoms with Crippen LogP contribution in [0.5, 0.6) is 0 Å². The van der Waals surface area contributed by atoms with E-state index in [1.807, 2.05) is 0 Å². The van der Waals surface area contributed by atoms with Crippen LogP contribution in [0, 0.1) is 5.82 Å². The van der Waals surface area contributed by atoms with Crippen molar-refractivity contribution in [1.29, 1.82) is 0 Å². The average molecular weight is 280 g/mol. The third-order valence-corrected chi connectivity index (χ3v) is 3.83. The zero-order valence-corrected chi connectivity index (χ0v) is 11.5. The summed E-state index contributed by atoms with van der Waals surface area (Å²) in [5.74, 6) is -1.12. The second-order valence-electron chi connectivity index (χ2n) is 5.59. The van der Waals surface area contributed by atoms with E-state index in [-0.39, 0.29) is 17.7 Å². The van der Waals surface area contributed by atoms with E-state index in [0.29, 0.717) is 12.2 Å². The highest BCUT2D eigenvalue weighted by Gasteiger charge is 2.27. The van der Waals surface area contributed by atoms with Crippen molar-refractivity contribution in [3.8, 4) is 0 Å². The zero-order valence-electron chi connectivity index (χ0n) is 11.5. The molecule has 1 aromatic carbocycles. The monoisotopic (exact) mass is 280 g/mol. The van der Waals surface area contributed by atoms with Gasteiger partial charge in [-0.2, -0.15) is 0 Å². The fourth-order valence-electron chi connectivity index (χ4n) is 2.58. The lowest BCUT2D eigenvalue weighted by Crippen LogP contribution is -2.46. The van der Waals surface area contributed by atoms with Crippen LogP contribution in [-0.2, 0) is 11.3 Å². The largest absolute Gasteiger partial charge is 0.375 e. The van der Waals surface area contributed by atoms with Crippen molar-refractivity contribution < 1.29 is 13.9 Å². The molecule has 0 radical (unpaired) electrons. The second kappa shape index (κ2) is 6.33. The van der Waals surface area contributed by atoms with Gasteiger partial charge in [0.1, 0.15) is 5.82 Å². The van der Waals surface area contributed by atoms with E-state index >= 15 is 0 Å². The fourth-order valence-corrected chi connectivity index (χ4v) is 2.58. The van der Waals surface area contributed by atoms with Gasteiger partial charge in [-0.15, -0.1) is 0 Å². The van der Waals surface area contributed by atoms with Gasteiger partial charge in [-0.05, 0) is 25.0 Å². The van der Waals surface area contributed by atoms with Crippen LogP contribution in [0.1, 0.15) is 48.0 Å². The molecule has 0 atom stereocenters. The van der Waals surface area contributed by atoms with Gasteiger partial charge in [-0.3, -0.25) is 4.79 Å². The summed E-state index contributed by atoms with van der Waals surface area (Å²) in [7, 11) is 0. The van der Waals surface area contributed by atoms with Crippen LogP contribution in [0.15, 0.2) is 18.2 Å². The molecule has 1 saturated carbocycles. The maximum Gasteiger partial charge on any atom is 0.248 e. The smallest absolute Gasteiger partial charge is 0.248 e. The van der Waals surface area contributed by atoms with Crippen LogP contribution in [0.2, 0.25) is 0 Å². The second-order valence-corrected chi connectivity index (χ2v) is 5.59. The predicted molar refractivity (Wildman–Crippen MR) is 74.6 cm³/mol. The van der Waals surface area contributed by atoms with E-state index in [2.05, 4.69) is 0 Å². The van der Waals surface area contributed by atoms with Gasteiger partial charge in [0.15, 0.2) is 0 Å². The summed E-state index contributed by atoms with van der Waals surface area (Å²) in [6, 6.07) is 4.17. The molecule has 110 valence electrons. The Kier molecular flexibility index (Phi) is 4.73. The van der Waals surface area contributed by atoms with Crippen molar-refractivity contribution in [1.82, 2.24) is 0 Å². The van der Waals surface area contributed by atoms with E-state index in [9.17, 15) is 9.18 Å². The SMILES string of the molecule is NC(=O)c1ccc(COCC2(N)CCCCC2)c(F)c1. The molecule has 20 heavy (non-hydrogen) atoms. The first-order chi connectivity index (χ1) is 9.50. The number of hydrogen-bond acceptors (Lipinski definition) is 3. The van der Waals surface area contributed by atoms with Gasteiger partial charge in [0.05, 0.1) is 13.2 Å². The van der Waals surface area contributed by atoms with Crippen molar-refractivity contribution in [2.75, 3.05) is 6.61 Å². The molecule has 1 aliphatic carbocycles. The molecule has 0 unspecified atom stereocenters. The van der Waals surface area contributed by atoms with Crippen LogP contribution in [0.3, 0.4) is 0 Å². The number of carbonyl (C=O) groups is 1. The van der Waals surface area contributed by atoms with Gasteiger partial charge in [0.2, 0.25) is 5.91 Å². The molecule has 5 heteroatoms. The average Bonchev–Trinajstić information content (AvgIpc) is 2.41. The molecule has 1 aliphatic rings. The fraction of sp³-hybridized carbons (Fsp3) is 0.533. The predicted octanol–water partition coefficient (Wildman–Crippen LogP) is 2.10. The summed E-state index contributed by atoms with van der Waals surface area (Å²) in [5.41, 5.74) is 11.6. The summed E-state index contributed by atoms with van der Waals surface area (Å²) in [6.07, 6.45) is 5.39. The standard InChI is InChI=1S/C15H21FN2O2/c16-13-8-11(14(17)19)4-5-12(13)9-20-10-15(18)6-2-1-3-7-15/h4-5,8H,1-3,6-7,9-10,18H2,(H2,17,19). The number of rotatable bonds is 5. The molecule has 0 heterocycles. The van der Waals surface area contributed by atoms with Crippen molar-refractivity contribution in [2.45, 2.75) is 44.2 Å².